The summed E-state index contributed by atoms with van der Waals surface area (Å²) >= 11 is 0. The molecule has 2 atom stereocenters. The van der Waals surface area contributed by atoms with Crippen molar-refractivity contribution in [2.45, 2.75) is 26.3 Å². The number of hydrogen-bond acceptors (Lipinski definition) is 4. The molecule has 1 rings (SSSR count). The third-order valence-corrected chi connectivity index (χ3v) is 3.72. The average molecular weight is 347 g/mol. The Morgan fingerprint density at radius 1 is 1.25 bits per heavy atom. The van der Waals surface area contributed by atoms with E-state index in [0.717, 1.165) is 11.0 Å². The van der Waals surface area contributed by atoms with Gasteiger partial charge in [0.15, 0.2) is 17.5 Å². The lowest BCUT2D eigenvalue weighted by atomic mass is 10.1. The van der Waals surface area contributed by atoms with E-state index in [2.05, 4.69) is 4.74 Å². The molecular formula is C16H20F3NO4. The number of carbonyl (C=O) groups is 2. The van der Waals surface area contributed by atoms with Gasteiger partial charge in [0.25, 0.3) is 5.91 Å². The minimum Gasteiger partial charge on any atom is -0.469 e. The Balaban J connectivity index is 3.21. The summed E-state index contributed by atoms with van der Waals surface area (Å²) < 4.78 is 44.9. The van der Waals surface area contributed by atoms with Gasteiger partial charge in [-0.05, 0) is 18.6 Å². The molecule has 0 spiro atoms. The van der Waals surface area contributed by atoms with Crippen molar-refractivity contribution in [1.82, 2.24) is 4.90 Å². The van der Waals surface area contributed by atoms with Crippen molar-refractivity contribution in [3.8, 4) is 0 Å². The van der Waals surface area contributed by atoms with Gasteiger partial charge in [0.1, 0.15) is 0 Å². The summed E-state index contributed by atoms with van der Waals surface area (Å²) in [5.74, 6) is -7.04. The van der Waals surface area contributed by atoms with Crippen LogP contribution >= 0.6 is 0 Å². The molecule has 1 N–H and O–H groups in total. The topological polar surface area (TPSA) is 66.8 Å². The van der Waals surface area contributed by atoms with Crippen LogP contribution in [0.25, 0.3) is 0 Å². The number of ether oxygens (including phenoxy) is 1. The SMILES string of the molecule is CCC(CO)N(CC(C)C(=O)OC)C(=O)c1ccc(F)c(F)c1F. The number of carbonyl (C=O) groups excluding carboxylic acids is 2. The van der Waals surface area contributed by atoms with Gasteiger partial charge in [0.2, 0.25) is 0 Å². The van der Waals surface area contributed by atoms with Gasteiger partial charge in [-0.15, -0.1) is 0 Å². The lowest BCUT2D eigenvalue weighted by Gasteiger charge is -2.31. The molecule has 134 valence electrons. The minimum absolute atomic E-state index is 0.164. The Labute approximate surface area is 138 Å². The number of methoxy groups -OCH3 is 1. The fourth-order valence-corrected chi connectivity index (χ4v) is 2.26. The van der Waals surface area contributed by atoms with Crippen molar-refractivity contribution in [2.75, 3.05) is 20.3 Å². The summed E-state index contributed by atoms with van der Waals surface area (Å²) in [5.41, 5.74) is -0.669. The summed E-state index contributed by atoms with van der Waals surface area (Å²) in [6.07, 6.45) is 0.321. The molecule has 0 fully saturated rings. The standard InChI is InChI=1S/C16H20F3NO4/c1-4-10(8-21)20(7-9(2)16(23)24-3)15(22)11-5-6-12(17)14(19)13(11)18/h5-6,9-10,21H,4,7-8H2,1-3H3. The van der Waals surface area contributed by atoms with E-state index in [0.29, 0.717) is 12.5 Å². The first kappa shape index (κ1) is 20.0. The first-order chi connectivity index (χ1) is 11.3. The normalized spacial score (nSPS) is 13.3. The highest BCUT2D eigenvalue weighted by Gasteiger charge is 2.30. The minimum atomic E-state index is -1.75. The highest BCUT2D eigenvalue weighted by molar-refractivity contribution is 5.95. The van der Waals surface area contributed by atoms with Gasteiger partial charge in [-0.1, -0.05) is 13.8 Å². The summed E-state index contributed by atoms with van der Waals surface area (Å²) in [6, 6.07) is 0.765. The highest BCUT2D eigenvalue weighted by atomic mass is 19.2. The molecule has 5 nitrogen and oxygen atoms in total. The second-order valence-electron chi connectivity index (χ2n) is 5.35. The molecule has 0 aliphatic heterocycles. The predicted molar refractivity (Wildman–Crippen MR) is 79.7 cm³/mol. The molecule has 2 unspecified atom stereocenters. The van der Waals surface area contributed by atoms with Crippen molar-refractivity contribution in [3.63, 3.8) is 0 Å². The second-order valence-corrected chi connectivity index (χ2v) is 5.35. The van der Waals surface area contributed by atoms with Crippen LogP contribution in [0, 0.1) is 23.4 Å². The summed E-state index contributed by atoms with van der Waals surface area (Å²) in [7, 11) is 1.18. The number of aliphatic hydroxyl groups excluding tert-OH is 1. The number of amides is 1. The molecular weight excluding hydrogens is 327 g/mol. The summed E-state index contributed by atoms with van der Waals surface area (Å²) in [6.45, 7) is 2.59. The van der Waals surface area contributed by atoms with Crippen LogP contribution in [0.1, 0.15) is 30.6 Å². The van der Waals surface area contributed by atoms with Gasteiger partial charge in [0.05, 0.1) is 31.2 Å². The molecule has 0 heterocycles. The fourth-order valence-electron chi connectivity index (χ4n) is 2.26. The Morgan fingerprint density at radius 2 is 1.88 bits per heavy atom. The van der Waals surface area contributed by atoms with Crippen LogP contribution in [0.4, 0.5) is 13.2 Å². The maximum Gasteiger partial charge on any atom is 0.310 e. The van der Waals surface area contributed by atoms with Crippen molar-refractivity contribution in [3.05, 3.63) is 35.1 Å². The van der Waals surface area contributed by atoms with Crippen molar-refractivity contribution < 1.29 is 32.6 Å². The average Bonchev–Trinajstić information content (AvgIpc) is 2.58. The first-order valence-electron chi connectivity index (χ1n) is 7.41. The zero-order valence-electron chi connectivity index (χ0n) is 13.7. The molecule has 24 heavy (non-hydrogen) atoms. The molecule has 1 amide bonds. The monoisotopic (exact) mass is 347 g/mol. The number of rotatable bonds is 7. The zero-order chi connectivity index (χ0) is 18.4. The number of nitrogens with zero attached hydrogens (tertiary/aromatic N) is 1. The molecule has 1 aromatic carbocycles. The zero-order valence-corrected chi connectivity index (χ0v) is 13.7. The van der Waals surface area contributed by atoms with Crippen LogP contribution in [-0.4, -0.2) is 48.2 Å². The molecule has 0 saturated heterocycles. The number of benzene rings is 1. The summed E-state index contributed by atoms with van der Waals surface area (Å²) in [5, 5.41) is 9.43. The van der Waals surface area contributed by atoms with Crippen molar-refractivity contribution in [2.24, 2.45) is 5.92 Å². The molecule has 8 heteroatoms. The molecule has 0 aromatic heterocycles. The van der Waals surface area contributed by atoms with Crippen LogP contribution in [-0.2, 0) is 9.53 Å². The molecule has 0 saturated carbocycles. The van der Waals surface area contributed by atoms with E-state index in [1.165, 1.54) is 14.0 Å². The van der Waals surface area contributed by atoms with Crippen LogP contribution in [0.15, 0.2) is 12.1 Å². The maximum absolute atomic E-state index is 13.9. The molecule has 0 aliphatic carbocycles. The van der Waals surface area contributed by atoms with E-state index in [1.807, 2.05) is 0 Å². The van der Waals surface area contributed by atoms with Crippen molar-refractivity contribution >= 4 is 11.9 Å². The van der Waals surface area contributed by atoms with Crippen molar-refractivity contribution in [1.29, 1.82) is 0 Å². The summed E-state index contributed by atoms with van der Waals surface area (Å²) in [4.78, 5) is 25.2. The number of esters is 1. The van der Waals surface area contributed by atoms with Gasteiger partial charge in [-0.3, -0.25) is 9.59 Å². The number of halogens is 3. The van der Waals surface area contributed by atoms with Gasteiger partial charge < -0.3 is 14.7 Å². The van der Waals surface area contributed by atoms with Gasteiger partial charge in [-0.2, -0.15) is 0 Å². The van der Waals surface area contributed by atoms with Gasteiger partial charge in [0, 0.05) is 6.54 Å². The Kier molecular flexibility index (Phi) is 7.21. The smallest absolute Gasteiger partial charge is 0.310 e. The fraction of sp³-hybridized carbons (Fsp3) is 0.500. The lowest BCUT2D eigenvalue weighted by Crippen LogP contribution is -2.46. The molecule has 1 aromatic rings. The van der Waals surface area contributed by atoms with Crippen LogP contribution in [0.3, 0.4) is 0 Å². The van der Waals surface area contributed by atoms with E-state index in [1.54, 1.807) is 6.92 Å². The third kappa shape index (κ3) is 4.25. The van der Waals surface area contributed by atoms with Crippen LogP contribution in [0.2, 0.25) is 0 Å². The van der Waals surface area contributed by atoms with Crippen LogP contribution in [0.5, 0.6) is 0 Å². The number of aliphatic hydroxyl groups is 1. The Bertz CT molecular complexity index is 605. The Morgan fingerprint density at radius 3 is 2.38 bits per heavy atom. The largest absolute Gasteiger partial charge is 0.469 e. The van der Waals surface area contributed by atoms with E-state index in [9.17, 15) is 27.9 Å². The van der Waals surface area contributed by atoms with E-state index < -0.39 is 53.5 Å². The van der Waals surface area contributed by atoms with E-state index >= 15 is 0 Å². The lowest BCUT2D eigenvalue weighted by molar-refractivity contribution is -0.145. The molecule has 0 bridgehead atoms. The van der Waals surface area contributed by atoms with E-state index in [4.69, 9.17) is 0 Å². The quantitative estimate of drug-likeness (QED) is 0.606. The Hall–Kier alpha value is -2.09. The molecule has 0 radical (unpaired) electrons. The highest BCUT2D eigenvalue weighted by Crippen LogP contribution is 2.20. The van der Waals surface area contributed by atoms with Crippen LogP contribution < -0.4 is 0 Å². The first-order valence-corrected chi connectivity index (χ1v) is 7.41. The van der Waals surface area contributed by atoms with Gasteiger partial charge >= 0.3 is 5.97 Å². The molecule has 0 aliphatic rings. The maximum atomic E-state index is 13.9. The second kappa shape index (κ2) is 8.68. The third-order valence-electron chi connectivity index (χ3n) is 3.72. The van der Waals surface area contributed by atoms with Gasteiger partial charge in [-0.25, -0.2) is 13.2 Å². The van der Waals surface area contributed by atoms with E-state index in [-0.39, 0.29) is 6.54 Å². The predicted octanol–water partition coefficient (Wildman–Crippen LogP) is 2.13. The number of hydrogen-bond donors (Lipinski definition) is 1.